The normalized spacial score (nSPS) is 12.3. The maximum absolute atomic E-state index is 7.04. The molecule has 4 heteroatoms. The Bertz CT molecular complexity index is 5170. The van der Waals surface area contributed by atoms with E-state index in [1.807, 2.05) is 0 Å². The van der Waals surface area contributed by atoms with Crippen LogP contribution in [-0.2, 0) is 0 Å². The number of nitrogens with zero attached hydrogens (tertiary/aromatic N) is 2. The van der Waals surface area contributed by atoms with Crippen molar-refractivity contribution in [1.29, 1.82) is 0 Å². The number of hydrogen-bond acceptors (Lipinski definition) is 4. The largest absolute Gasteiger partial charge is 0.456 e. The van der Waals surface area contributed by atoms with E-state index in [9.17, 15) is 0 Å². The number of fused-ring (bicyclic) bond motifs is 20. The van der Waals surface area contributed by atoms with Gasteiger partial charge in [0, 0.05) is 78.0 Å². The molecule has 0 aliphatic heterocycles. The summed E-state index contributed by atoms with van der Waals surface area (Å²) in [5, 5.41) is 23.7. The molecule has 0 fully saturated rings. The first kappa shape index (κ1) is 48.3. The Morgan fingerprint density at radius 1 is 0.214 bits per heavy atom. The van der Waals surface area contributed by atoms with Crippen LogP contribution in [0.1, 0.15) is 50.7 Å². The lowest BCUT2D eigenvalue weighted by Gasteiger charge is -2.33. The number of rotatable bonds is 8. The van der Waals surface area contributed by atoms with E-state index in [0.717, 1.165) is 99.5 Å². The van der Waals surface area contributed by atoms with E-state index in [1.165, 1.54) is 75.8 Å². The first-order valence-corrected chi connectivity index (χ1v) is 29.4. The molecule has 2 aromatic heterocycles. The molecule has 15 aromatic carbocycles. The zero-order chi connectivity index (χ0) is 55.9. The Labute approximate surface area is 485 Å². The van der Waals surface area contributed by atoms with E-state index in [2.05, 4.69) is 292 Å². The Morgan fingerprint density at radius 2 is 0.464 bits per heavy atom. The van der Waals surface area contributed by atoms with Crippen LogP contribution in [0.2, 0.25) is 0 Å². The van der Waals surface area contributed by atoms with Crippen molar-refractivity contribution < 1.29 is 8.83 Å². The Kier molecular flexibility index (Phi) is 10.7. The summed E-state index contributed by atoms with van der Waals surface area (Å²) in [6.45, 7) is 9.04. The van der Waals surface area contributed by atoms with Gasteiger partial charge in [-0.3, -0.25) is 0 Å². The van der Waals surface area contributed by atoms with Crippen LogP contribution in [0.4, 0.5) is 34.1 Å². The fraction of sp³-hybridized carbons (Fsp3) is 0.0750. The van der Waals surface area contributed by atoms with Gasteiger partial charge in [-0.05, 0) is 160 Å². The molecule has 0 aliphatic carbocycles. The van der Waals surface area contributed by atoms with Crippen LogP contribution >= 0.6 is 0 Å². The third-order valence-electron chi connectivity index (χ3n) is 18.1. The van der Waals surface area contributed by atoms with Crippen LogP contribution in [0.3, 0.4) is 0 Å². The summed E-state index contributed by atoms with van der Waals surface area (Å²) < 4.78 is 14.1. The van der Waals surface area contributed by atoms with Gasteiger partial charge >= 0.3 is 0 Å². The van der Waals surface area contributed by atoms with Crippen molar-refractivity contribution in [1.82, 2.24) is 0 Å². The van der Waals surface area contributed by atoms with Gasteiger partial charge in [0.15, 0.2) is 0 Å². The predicted octanol–water partition coefficient (Wildman–Crippen LogP) is 23.9. The first-order valence-electron chi connectivity index (χ1n) is 29.4. The van der Waals surface area contributed by atoms with E-state index < -0.39 is 0 Å². The summed E-state index contributed by atoms with van der Waals surface area (Å²) in [7, 11) is 0. The average molecular weight is 1080 g/mol. The van der Waals surface area contributed by atoms with Crippen LogP contribution in [-0.4, -0.2) is 0 Å². The number of anilines is 6. The summed E-state index contributed by atoms with van der Waals surface area (Å²) in [6.07, 6.45) is 0. The third-order valence-corrected chi connectivity index (χ3v) is 18.1. The second kappa shape index (κ2) is 18.6. The van der Waals surface area contributed by atoms with Crippen molar-refractivity contribution in [2.75, 3.05) is 9.80 Å². The molecule has 0 aliphatic rings. The summed E-state index contributed by atoms with van der Waals surface area (Å²) in [4.78, 5) is 4.92. The highest BCUT2D eigenvalue weighted by Crippen LogP contribution is 2.53. The Balaban J connectivity index is 0.892. The molecule has 2 heterocycles. The molecular formula is C80H56N2O2. The smallest absolute Gasteiger partial charge is 0.137 e. The standard InChI is InChI=1S/C80H56N2O2/c1-47(2)49-29-33-51(34-30-49)81(53-37-39-63-73-43-69-59-21-9-5-17-55(59)57-19-7-11-23-61(57)71(69)45-77(73)83-75(63)41-53)79-65-25-13-15-27-67(65)80(68-28-16-14-26-66(68)79)82(52-35-31-50(32-36-52)48(3)4)54-38-40-64-74-44-70-60-22-10-6-18-56(60)58-20-8-12-24-62(58)72(70)46-78(74)84-76(64)42-54/h5-48H,1-4H3. The van der Waals surface area contributed by atoms with E-state index in [0.29, 0.717) is 11.8 Å². The molecule has 0 spiro atoms. The van der Waals surface area contributed by atoms with Gasteiger partial charge in [-0.2, -0.15) is 0 Å². The van der Waals surface area contributed by atoms with Gasteiger partial charge in [0.25, 0.3) is 0 Å². The third kappa shape index (κ3) is 7.26. The molecule has 398 valence electrons. The lowest BCUT2D eigenvalue weighted by molar-refractivity contribution is 0.669. The summed E-state index contributed by atoms with van der Waals surface area (Å²) in [6, 6.07) is 94.2. The maximum Gasteiger partial charge on any atom is 0.137 e. The van der Waals surface area contributed by atoms with Crippen molar-refractivity contribution >= 4 is 164 Å². The number of furan rings is 2. The second-order valence-electron chi connectivity index (χ2n) is 23.5. The average Bonchev–Trinajstić information content (AvgIpc) is 1.61. The van der Waals surface area contributed by atoms with Crippen LogP contribution < -0.4 is 9.80 Å². The Hall–Kier alpha value is -10.4. The van der Waals surface area contributed by atoms with Gasteiger partial charge in [-0.15, -0.1) is 0 Å². The molecule has 17 rings (SSSR count). The molecule has 0 saturated heterocycles. The minimum Gasteiger partial charge on any atom is -0.456 e. The Morgan fingerprint density at radius 3 is 0.762 bits per heavy atom. The molecule has 84 heavy (non-hydrogen) atoms. The maximum atomic E-state index is 7.04. The quantitative estimate of drug-likeness (QED) is 0.0862. The van der Waals surface area contributed by atoms with Crippen molar-refractivity contribution in [3.05, 3.63) is 266 Å². The fourth-order valence-electron chi connectivity index (χ4n) is 14.0. The molecule has 0 unspecified atom stereocenters. The van der Waals surface area contributed by atoms with Crippen LogP contribution in [0.25, 0.3) is 130 Å². The molecule has 17 aromatic rings. The number of benzene rings is 15. The van der Waals surface area contributed by atoms with E-state index in [4.69, 9.17) is 8.83 Å². The minimum atomic E-state index is 0.379. The highest BCUT2D eigenvalue weighted by molar-refractivity contribution is 6.30. The van der Waals surface area contributed by atoms with Crippen LogP contribution in [0.5, 0.6) is 0 Å². The van der Waals surface area contributed by atoms with Gasteiger partial charge < -0.3 is 18.6 Å². The SMILES string of the molecule is CC(C)c1ccc(N(c2ccc3c(c2)oc2cc4c5ccccc5c5ccccc5c4cc23)c2c3ccccc3c(N(c3ccc(C(C)C)cc3)c3ccc4c(c3)oc3cc5c6ccccc6c6ccccc6c5cc34)c3ccccc23)cc1. The van der Waals surface area contributed by atoms with E-state index >= 15 is 0 Å². The predicted molar refractivity (Wildman–Crippen MR) is 359 cm³/mol. The highest BCUT2D eigenvalue weighted by atomic mass is 16.3. The van der Waals surface area contributed by atoms with Crippen LogP contribution in [0, 0.1) is 0 Å². The fourth-order valence-corrected chi connectivity index (χ4v) is 14.0. The zero-order valence-electron chi connectivity index (χ0n) is 47.1. The lowest BCUT2D eigenvalue weighted by Crippen LogP contribution is -2.14. The van der Waals surface area contributed by atoms with Crippen molar-refractivity contribution in [3.8, 4) is 0 Å². The van der Waals surface area contributed by atoms with Gasteiger partial charge in [0.2, 0.25) is 0 Å². The monoisotopic (exact) mass is 1080 g/mol. The molecule has 0 atom stereocenters. The highest BCUT2D eigenvalue weighted by Gasteiger charge is 2.27. The minimum absolute atomic E-state index is 0.379. The van der Waals surface area contributed by atoms with Crippen molar-refractivity contribution in [2.24, 2.45) is 0 Å². The zero-order valence-corrected chi connectivity index (χ0v) is 47.1. The summed E-state index contributed by atoms with van der Waals surface area (Å²) in [5.74, 6) is 0.759. The molecule has 0 N–H and O–H groups in total. The van der Waals surface area contributed by atoms with Gasteiger partial charge in [-0.1, -0.05) is 198 Å². The first-order chi connectivity index (χ1) is 41.3. The van der Waals surface area contributed by atoms with Crippen molar-refractivity contribution in [3.63, 3.8) is 0 Å². The van der Waals surface area contributed by atoms with Gasteiger partial charge in [0.05, 0.1) is 11.4 Å². The van der Waals surface area contributed by atoms with E-state index in [1.54, 1.807) is 0 Å². The molecule has 4 nitrogen and oxygen atoms in total. The summed E-state index contributed by atoms with van der Waals surface area (Å²) >= 11 is 0. The molecule has 0 amide bonds. The van der Waals surface area contributed by atoms with Gasteiger partial charge in [-0.25, -0.2) is 0 Å². The molecule has 0 bridgehead atoms. The summed E-state index contributed by atoms with van der Waals surface area (Å²) in [5.41, 5.74) is 12.3. The topological polar surface area (TPSA) is 32.8 Å². The lowest BCUT2D eigenvalue weighted by atomic mass is 9.93. The van der Waals surface area contributed by atoms with Crippen LogP contribution in [0.15, 0.2) is 264 Å². The second-order valence-corrected chi connectivity index (χ2v) is 23.5. The van der Waals surface area contributed by atoms with E-state index in [-0.39, 0.29) is 0 Å². The number of hydrogen-bond donors (Lipinski definition) is 0. The van der Waals surface area contributed by atoms with Crippen molar-refractivity contribution in [2.45, 2.75) is 39.5 Å². The molecule has 0 saturated carbocycles. The van der Waals surface area contributed by atoms with Gasteiger partial charge in [0.1, 0.15) is 22.3 Å². The molecule has 0 radical (unpaired) electrons. The molecular weight excluding hydrogens is 1020 g/mol.